The van der Waals surface area contributed by atoms with Crippen molar-refractivity contribution in [3.05, 3.63) is 81.8 Å². The Kier molecular flexibility index (Phi) is 7.12. The van der Waals surface area contributed by atoms with Crippen LogP contribution in [0, 0.1) is 6.92 Å². The monoisotopic (exact) mass is 463 g/mol. The van der Waals surface area contributed by atoms with Gasteiger partial charge in [-0.1, -0.05) is 18.2 Å². The molecule has 7 heteroatoms. The molecule has 1 unspecified atom stereocenters. The van der Waals surface area contributed by atoms with E-state index >= 15 is 0 Å². The minimum absolute atomic E-state index is 0.0144. The fraction of sp³-hybridized carbons (Fsp3) is 0.370. The van der Waals surface area contributed by atoms with Gasteiger partial charge < -0.3 is 24.0 Å². The Morgan fingerprint density at radius 3 is 2.29 bits per heavy atom. The fourth-order valence-corrected chi connectivity index (χ4v) is 4.87. The molecule has 1 aliphatic rings. The highest BCUT2D eigenvalue weighted by Gasteiger charge is 2.33. The molecule has 1 saturated heterocycles. The Hall–Kier alpha value is -3.45. The molecule has 1 N–H and O–H groups in total. The minimum Gasteiger partial charge on any atom is -0.507 e. The Balaban J connectivity index is 1.79. The summed E-state index contributed by atoms with van der Waals surface area (Å²) in [6, 6.07) is 17.2. The van der Waals surface area contributed by atoms with Crippen molar-refractivity contribution in [1.29, 1.82) is 0 Å². The Morgan fingerprint density at radius 1 is 0.971 bits per heavy atom. The molecule has 0 amide bonds. The quantitative estimate of drug-likeness (QED) is 0.575. The van der Waals surface area contributed by atoms with Crippen molar-refractivity contribution >= 4 is 5.69 Å². The van der Waals surface area contributed by atoms with Gasteiger partial charge in [0.1, 0.15) is 17.2 Å². The first-order chi connectivity index (χ1) is 16.5. The molecule has 0 aliphatic carbocycles. The molecule has 4 rings (SSSR count). The summed E-state index contributed by atoms with van der Waals surface area (Å²) in [6.45, 7) is 7.40. The van der Waals surface area contributed by atoms with E-state index in [1.165, 1.54) is 5.69 Å². The third-order valence-corrected chi connectivity index (χ3v) is 6.65. The third-order valence-electron chi connectivity index (χ3n) is 6.65. The summed E-state index contributed by atoms with van der Waals surface area (Å²) in [4.78, 5) is 18.2. The summed E-state index contributed by atoms with van der Waals surface area (Å²) in [5, 5.41) is 11.0. The number of pyridine rings is 1. The van der Waals surface area contributed by atoms with Gasteiger partial charge in [0.05, 0.1) is 25.8 Å². The molecule has 180 valence electrons. The summed E-state index contributed by atoms with van der Waals surface area (Å²) in [6.07, 6.45) is 0. The molecule has 7 nitrogen and oxygen atoms in total. The van der Waals surface area contributed by atoms with Crippen LogP contribution in [0.25, 0.3) is 0 Å². The van der Waals surface area contributed by atoms with Crippen LogP contribution in [-0.4, -0.2) is 55.0 Å². The Bertz CT molecular complexity index is 1180. The predicted molar refractivity (Wildman–Crippen MR) is 134 cm³/mol. The van der Waals surface area contributed by atoms with Crippen LogP contribution in [-0.2, 0) is 6.54 Å². The zero-order valence-electron chi connectivity index (χ0n) is 20.3. The van der Waals surface area contributed by atoms with Crippen molar-refractivity contribution in [2.24, 2.45) is 0 Å². The van der Waals surface area contributed by atoms with E-state index in [1.54, 1.807) is 24.9 Å². The van der Waals surface area contributed by atoms with Crippen LogP contribution in [0.2, 0.25) is 0 Å². The zero-order valence-corrected chi connectivity index (χ0v) is 20.3. The van der Waals surface area contributed by atoms with Gasteiger partial charge in [-0.15, -0.1) is 0 Å². The number of aromatic nitrogens is 1. The molecule has 0 spiro atoms. The van der Waals surface area contributed by atoms with Crippen molar-refractivity contribution < 1.29 is 14.6 Å². The standard InChI is InChI=1S/C27H33N3O4/c1-5-30-19(2)17-23(31)25(27(30)32)26(22-12-11-21(33-3)18-24(22)34-4)29-15-13-28(14-16-29)20-9-7-6-8-10-20/h6-12,17-18,26,31H,5,13-16H2,1-4H3. The van der Waals surface area contributed by atoms with E-state index in [4.69, 9.17) is 9.47 Å². The van der Waals surface area contributed by atoms with Gasteiger partial charge in [-0.25, -0.2) is 0 Å². The van der Waals surface area contributed by atoms with Gasteiger partial charge in [0.15, 0.2) is 0 Å². The predicted octanol–water partition coefficient (Wildman–Crippen LogP) is 3.81. The lowest BCUT2D eigenvalue weighted by Crippen LogP contribution is -2.49. The number of aryl methyl sites for hydroxylation is 1. The van der Waals surface area contributed by atoms with E-state index in [1.807, 2.05) is 50.2 Å². The van der Waals surface area contributed by atoms with Crippen molar-refractivity contribution in [2.45, 2.75) is 26.4 Å². The van der Waals surface area contributed by atoms with Crippen molar-refractivity contribution in [3.63, 3.8) is 0 Å². The first kappa shape index (κ1) is 23.7. The normalized spacial score (nSPS) is 15.2. The number of hydrogen-bond acceptors (Lipinski definition) is 6. The molecular weight excluding hydrogens is 430 g/mol. The first-order valence-corrected chi connectivity index (χ1v) is 11.7. The number of hydrogen-bond donors (Lipinski definition) is 1. The molecule has 1 atom stereocenters. The van der Waals surface area contributed by atoms with E-state index in [9.17, 15) is 9.90 Å². The van der Waals surface area contributed by atoms with Crippen LogP contribution in [0.3, 0.4) is 0 Å². The fourth-order valence-electron chi connectivity index (χ4n) is 4.87. The van der Waals surface area contributed by atoms with Crippen LogP contribution in [0.5, 0.6) is 17.2 Å². The SMILES string of the molecule is CCn1c(C)cc(O)c(C(c2ccc(OC)cc2OC)N2CCN(c3ccccc3)CC2)c1=O. The summed E-state index contributed by atoms with van der Waals surface area (Å²) in [5.41, 5.74) is 2.96. The lowest BCUT2D eigenvalue weighted by Gasteiger charge is -2.41. The van der Waals surface area contributed by atoms with Gasteiger partial charge in [-0.05, 0) is 44.2 Å². The summed E-state index contributed by atoms with van der Waals surface area (Å²) < 4.78 is 12.8. The molecule has 1 aromatic heterocycles. The second kappa shape index (κ2) is 10.2. The van der Waals surface area contributed by atoms with Gasteiger partial charge in [-0.3, -0.25) is 9.69 Å². The summed E-state index contributed by atoms with van der Waals surface area (Å²) in [5.74, 6) is 1.31. The number of methoxy groups -OCH3 is 2. The second-order valence-corrected chi connectivity index (χ2v) is 8.50. The van der Waals surface area contributed by atoms with E-state index in [2.05, 4.69) is 21.9 Å². The molecular formula is C27H33N3O4. The smallest absolute Gasteiger partial charge is 0.259 e. The summed E-state index contributed by atoms with van der Waals surface area (Å²) in [7, 11) is 3.22. The number of nitrogens with zero attached hydrogens (tertiary/aromatic N) is 3. The Morgan fingerprint density at radius 2 is 1.68 bits per heavy atom. The molecule has 0 bridgehead atoms. The average molecular weight is 464 g/mol. The number of benzene rings is 2. The van der Waals surface area contributed by atoms with Crippen LogP contribution in [0.4, 0.5) is 5.69 Å². The maximum Gasteiger partial charge on any atom is 0.259 e. The lowest BCUT2D eigenvalue weighted by molar-refractivity contribution is 0.204. The minimum atomic E-state index is -0.454. The molecule has 1 aliphatic heterocycles. The molecule has 1 fully saturated rings. The zero-order chi connectivity index (χ0) is 24.2. The number of ether oxygens (including phenoxy) is 2. The molecule has 2 heterocycles. The summed E-state index contributed by atoms with van der Waals surface area (Å²) >= 11 is 0. The second-order valence-electron chi connectivity index (χ2n) is 8.50. The molecule has 0 saturated carbocycles. The average Bonchev–Trinajstić information content (AvgIpc) is 2.87. The van der Waals surface area contributed by atoms with Gasteiger partial charge in [0.2, 0.25) is 0 Å². The molecule has 34 heavy (non-hydrogen) atoms. The highest BCUT2D eigenvalue weighted by Crippen LogP contribution is 2.39. The third kappa shape index (κ3) is 4.48. The maximum absolute atomic E-state index is 13.6. The maximum atomic E-state index is 13.6. The van der Waals surface area contributed by atoms with Gasteiger partial charge in [0, 0.05) is 55.7 Å². The number of anilines is 1. The Labute approximate surface area is 200 Å². The molecule has 3 aromatic rings. The van der Waals surface area contributed by atoms with Crippen LogP contribution in [0.15, 0.2) is 59.4 Å². The van der Waals surface area contributed by atoms with Crippen molar-refractivity contribution in [2.75, 3.05) is 45.3 Å². The van der Waals surface area contributed by atoms with Crippen molar-refractivity contribution in [1.82, 2.24) is 9.47 Å². The van der Waals surface area contributed by atoms with Gasteiger partial charge >= 0.3 is 0 Å². The van der Waals surface area contributed by atoms with E-state index in [-0.39, 0.29) is 11.3 Å². The van der Waals surface area contributed by atoms with E-state index in [0.717, 1.165) is 37.4 Å². The number of aromatic hydroxyl groups is 1. The lowest BCUT2D eigenvalue weighted by atomic mass is 9.94. The molecule has 0 radical (unpaired) electrons. The van der Waals surface area contributed by atoms with Crippen molar-refractivity contribution in [3.8, 4) is 17.2 Å². The van der Waals surface area contributed by atoms with E-state index in [0.29, 0.717) is 23.6 Å². The number of para-hydroxylation sites is 1. The van der Waals surface area contributed by atoms with Gasteiger partial charge in [-0.2, -0.15) is 0 Å². The van der Waals surface area contributed by atoms with Crippen LogP contribution >= 0.6 is 0 Å². The van der Waals surface area contributed by atoms with Crippen LogP contribution < -0.4 is 19.9 Å². The number of rotatable bonds is 7. The molecule has 2 aromatic carbocycles. The van der Waals surface area contributed by atoms with E-state index < -0.39 is 6.04 Å². The van der Waals surface area contributed by atoms with Gasteiger partial charge in [0.25, 0.3) is 5.56 Å². The first-order valence-electron chi connectivity index (χ1n) is 11.7. The topological polar surface area (TPSA) is 67.2 Å². The number of piperazine rings is 1. The van der Waals surface area contributed by atoms with Crippen LogP contribution in [0.1, 0.15) is 29.8 Å². The largest absolute Gasteiger partial charge is 0.507 e. The highest BCUT2D eigenvalue weighted by molar-refractivity contribution is 5.50. The highest BCUT2D eigenvalue weighted by atomic mass is 16.5.